The summed E-state index contributed by atoms with van der Waals surface area (Å²) in [6.07, 6.45) is 0.922. The van der Waals surface area contributed by atoms with Gasteiger partial charge >= 0.3 is 5.97 Å². The van der Waals surface area contributed by atoms with Crippen molar-refractivity contribution >= 4 is 5.97 Å². The molecule has 1 unspecified atom stereocenters. The first-order valence-electron chi connectivity index (χ1n) is 6.06. The maximum atomic E-state index is 11.6. The number of esters is 1. The van der Waals surface area contributed by atoms with Gasteiger partial charge in [-0.1, -0.05) is 32.0 Å². The monoisotopic (exact) mass is 268 g/mol. The van der Waals surface area contributed by atoms with Crippen molar-refractivity contribution in [3.63, 3.8) is 0 Å². The summed E-state index contributed by atoms with van der Waals surface area (Å²) in [4.78, 5) is 15.7. The van der Waals surface area contributed by atoms with Gasteiger partial charge in [-0.2, -0.15) is 4.98 Å². The van der Waals surface area contributed by atoms with E-state index in [4.69, 9.17) is 14.0 Å². The number of nitrogens with zero attached hydrogens (tertiary/aromatic N) is 2. The molecule has 6 heteroatoms. The standard InChI is InChI=1S/C13H20N2O4/c1-6-7-17-9(2)11(16)18-8-10-14-12(19-15-10)13(3,4)5/h6,9H,1,7-8H2,2-5H3. The van der Waals surface area contributed by atoms with Gasteiger partial charge in [0.25, 0.3) is 0 Å². The average Bonchev–Trinajstić information content (AvgIpc) is 2.81. The average molecular weight is 268 g/mol. The zero-order valence-corrected chi connectivity index (χ0v) is 11.8. The molecule has 0 fully saturated rings. The summed E-state index contributed by atoms with van der Waals surface area (Å²) in [6.45, 7) is 11.3. The molecule has 0 amide bonds. The smallest absolute Gasteiger partial charge is 0.335 e. The van der Waals surface area contributed by atoms with Crippen LogP contribution in [-0.4, -0.2) is 28.8 Å². The van der Waals surface area contributed by atoms with Crippen LogP contribution in [0.15, 0.2) is 17.2 Å². The minimum atomic E-state index is -0.646. The van der Waals surface area contributed by atoms with Crippen LogP contribution in [-0.2, 0) is 26.3 Å². The zero-order valence-electron chi connectivity index (χ0n) is 11.8. The molecule has 0 aromatic carbocycles. The van der Waals surface area contributed by atoms with Gasteiger partial charge in [0.05, 0.1) is 6.61 Å². The first-order chi connectivity index (χ1) is 8.84. The molecule has 0 aliphatic heterocycles. The zero-order chi connectivity index (χ0) is 14.5. The van der Waals surface area contributed by atoms with E-state index in [-0.39, 0.29) is 12.0 Å². The van der Waals surface area contributed by atoms with E-state index >= 15 is 0 Å². The van der Waals surface area contributed by atoms with Gasteiger partial charge in [0, 0.05) is 5.41 Å². The van der Waals surface area contributed by atoms with E-state index in [2.05, 4.69) is 16.7 Å². The largest absolute Gasteiger partial charge is 0.455 e. The maximum Gasteiger partial charge on any atom is 0.335 e. The predicted molar refractivity (Wildman–Crippen MR) is 68.4 cm³/mol. The second-order valence-electron chi connectivity index (χ2n) is 5.14. The van der Waals surface area contributed by atoms with Crippen molar-refractivity contribution in [2.75, 3.05) is 6.61 Å². The summed E-state index contributed by atoms with van der Waals surface area (Å²) in [5.74, 6) is 0.382. The lowest BCUT2D eigenvalue weighted by Crippen LogP contribution is -2.23. The van der Waals surface area contributed by atoms with Gasteiger partial charge < -0.3 is 14.0 Å². The molecule has 0 saturated heterocycles. The molecule has 0 saturated carbocycles. The highest BCUT2D eigenvalue weighted by atomic mass is 16.6. The Morgan fingerprint density at radius 3 is 2.74 bits per heavy atom. The molecule has 0 N–H and O–H groups in total. The number of aromatic nitrogens is 2. The molecule has 1 aromatic heterocycles. The highest BCUT2D eigenvalue weighted by molar-refractivity contribution is 5.74. The molecule has 1 atom stereocenters. The summed E-state index contributed by atoms with van der Waals surface area (Å²) in [5.41, 5.74) is -0.227. The number of rotatable bonds is 6. The molecule has 1 rings (SSSR count). The van der Waals surface area contributed by atoms with E-state index in [0.717, 1.165) is 0 Å². The molecular formula is C13H20N2O4. The summed E-state index contributed by atoms with van der Waals surface area (Å²) < 4.78 is 15.3. The molecular weight excluding hydrogens is 248 g/mol. The van der Waals surface area contributed by atoms with E-state index in [1.165, 1.54) is 0 Å². The van der Waals surface area contributed by atoms with Gasteiger partial charge in [0.1, 0.15) is 0 Å². The molecule has 6 nitrogen and oxygen atoms in total. The third-order valence-corrected chi connectivity index (χ3v) is 2.25. The van der Waals surface area contributed by atoms with Crippen molar-refractivity contribution in [2.45, 2.75) is 45.8 Å². The Morgan fingerprint density at radius 1 is 1.53 bits per heavy atom. The third-order valence-electron chi connectivity index (χ3n) is 2.25. The van der Waals surface area contributed by atoms with E-state index in [0.29, 0.717) is 18.3 Å². The van der Waals surface area contributed by atoms with Crippen LogP contribution in [0.1, 0.15) is 39.4 Å². The van der Waals surface area contributed by atoms with Crippen molar-refractivity contribution in [3.05, 3.63) is 24.4 Å². The van der Waals surface area contributed by atoms with Crippen molar-refractivity contribution in [1.29, 1.82) is 0 Å². The van der Waals surface area contributed by atoms with E-state index < -0.39 is 12.1 Å². The highest BCUT2D eigenvalue weighted by Gasteiger charge is 2.22. The van der Waals surface area contributed by atoms with Gasteiger partial charge in [-0.15, -0.1) is 6.58 Å². The lowest BCUT2D eigenvalue weighted by Gasteiger charge is -2.11. The van der Waals surface area contributed by atoms with Crippen LogP contribution in [0, 0.1) is 0 Å². The topological polar surface area (TPSA) is 74.5 Å². The molecule has 0 bridgehead atoms. The van der Waals surface area contributed by atoms with Crippen LogP contribution >= 0.6 is 0 Å². The molecule has 0 radical (unpaired) electrons. The number of hydrogen-bond donors (Lipinski definition) is 0. The minimum absolute atomic E-state index is 0.0276. The lowest BCUT2D eigenvalue weighted by atomic mass is 9.97. The van der Waals surface area contributed by atoms with Gasteiger partial charge in [-0.05, 0) is 6.92 Å². The highest BCUT2D eigenvalue weighted by Crippen LogP contribution is 2.19. The second kappa shape index (κ2) is 6.47. The number of carbonyl (C=O) groups excluding carboxylic acids is 1. The number of ether oxygens (including phenoxy) is 2. The van der Waals surface area contributed by atoms with Crippen molar-refractivity contribution in [2.24, 2.45) is 0 Å². The van der Waals surface area contributed by atoms with Crippen LogP contribution in [0.3, 0.4) is 0 Å². The van der Waals surface area contributed by atoms with Gasteiger partial charge in [-0.25, -0.2) is 4.79 Å². The van der Waals surface area contributed by atoms with Crippen LogP contribution in [0.5, 0.6) is 0 Å². The summed E-state index contributed by atoms with van der Waals surface area (Å²) in [6, 6.07) is 0. The predicted octanol–water partition coefficient (Wildman–Crippen LogP) is 2.00. The molecule has 106 valence electrons. The number of carbonyl (C=O) groups is 1. The van der Waals surface area contributed by atoms with Gasteiger partial charge in [0.2, 0.25) is 11.7 Å². The summed E-state index contributed by atoms with van der Waals surface area (Å²) in [7, 11) is 0. The van der Waals surface area contributed by atoms with Crippen molar-refractivity contribution in [1.82, 2.24) is 10.1 Å². The van der Waals surface area contributed by atoms with Crippen LogP contribution < -0.4 is 0 Å². The van der Waals surface area contributed by atoms with Gasteiger partial charge in [0.15, 0.2) is 12.7 Å². The van der Waals surface area contributed by atoms with Crippen LogP contribution in [0.4, 0.5) is 0 Å². The fourth-order valence-corrected chi connectivity index (χ4v) is 1.15. The van der Waals surface area contributed by atoms with E-state index in [1.807, 2.05) is 20.8 Å². The van der Waals surface area contributed by atoms with E-state index in [1.54, 1.807) is 13.0 Å². The van der Waals surface area contributed by atoms with Crippen molar-refractivity contribution in [3.8, 4) is 0 Å². The summed E-state index contributed by atoms with van der Waals surface area (Å²) in [5, 5.41) is 3.76. The SMILES string of the molecule is C=CCOC(C)C(=O)OCc1noc(C(C)(C)C)n1. The van der Waals surface area contributed by atoms with Crippen LogP contribution in [0.25, 0.3) is 0 Å². The molecule has 1 heterocycles. The van der Waals surface area contributed by atoms with Gasteiger partial charge in [-0.3, -0.25) is 0 Å². The number of hydrogen-bond acceptors (Lipinski definition) is 6. The molecule has 0 spiro atoms. The molecule has 1 aromatic rings. The fraction of sp³-hybridized carbons (Fsp3) is 0.615. The Morgan fingerprint density at radius 2 is 2.21 bits per heavy atom. The Labute approximate surface area is 112 Å². The fourth-order valence-electron chi connectivity index (χ4n) is 1.15. The Bertz CT molecular complexity index is 434. The first kappa shape index (κ1) is 15.4. The lowest BCUT2D eigenvalue weighted by molar-refractivity contribution is -0.156. The Kier molecular flexibility index (Phi) is 5.23. The normalized spacial score (nSPS) is 13.1. The Hall–Kier alpha value is -1.69. The van der Waals surface area contributed by atoms with E-state index in [9.17, 15) is 4.79 Å². The third kappa shape index (κ3) is 4.82. The second-order valence-corrected chi connectivity index (χ2v) is 5.14. The van der Waals surface area contributed by atoms with Crippen LogP contribution in [0.2, 0.25) is 0 Å². The molecule has 0 aliphatic carbocycles. The Balaban J connectivity index is 2.46. The maximum absolute atomic E-state index is 11.6. The quantitative estimate of drug-likeness (QED) is 0.580. The molecule has 0 aliphatic rings. The minimum Gasteiger partial charge on any atom is -0.455 e. The summed E-state index contributed by atoms with van der Waals surface area (Å²) >= 11 is 0. The van der Waals surface area contributed by atoms with Crippen molar-refractivity contribution < 1.29 is 18.8 Å². The first-order valence-corrected chi connectivity index (χ1v) is 6.06. The molecule has 19 heavy (non-hydrogen) atoms.